The van der Waals surface area contributed by atoms with Crippen LogP contribution in [0.4, 0.5) is 4.79 Å². The number of benzene rings is 1. The summed E-state index contributed by atoms with van der Waals surface area (Å²) in [5, 5.41) is 15.0. The fourth-order valence-corrected chi connectivity index (χ4v) is 2.30. The second-order valence-electron chi connectivity index (χ2n) is 6.45. The Morgan fingerprint density at radius 3 is 2.68 bits per heavy atom. The monoisotopic (exact) mass is 306 g/mol. The number of hydrogen-bond acceptors (Lipinski definition) is 3. The molecule has 5 nitrogen and oxygen atoms in total. The first-order valence-electron chi connectivity index (χ1n) is 7.86. The van der Waals surface area contributed by atoms with Crippen LogP contribution in [-0.2, 0) is 0 Å². The van der Waals surface area contributed by atoms with Crippen molar-refractivity contribution in [2.75, 3.05) is 13.2 Å². The molecule has 1 unspecified atom stereocenters. The molecule has 2 amide bonds. The molecular weight excluding hydrogens is 280 g/mol. The molecule has 0 radical (unpaired) electrons. The highest BCUT2D eigenvalue weighted by molar-refractivity contribution is 5.74. The van der Waals surface area contributed by atoms with Gasteiger partial charge in [-0.3, -0.25) is 0 Å². The van der Waals surface area contributed by atoms with E-state index >= 15 is 0 Å². The zero-order valence-electron chi connectivity index (χ0n) is 13.6. The molecule has 1 atom stereocenters. The van der Waals surface area contributed by atoms with E-state index in [0.717, 1.165) is 24.2 Å². The topological polar surface area (TPSA) is 70.6 Å². The number of rotatable bonds is 7. The molecule has 1 aromatic rings. The van der Waals surface area contributed by atoms with Crippen LogP contribution >= 0.6 is 0 Å². The van der Waals surface area contributed by atoms with Crippen LogP contribution in [0.2, 0.25) is 0 Å². The summed E-state index contributed by atoms with van der Waals surface area (Å²) in [6.07, 6.45) is 2.08. The molecule has 0 heterocycles. The summed E-state index contributed by atoms with van der Waals surface area (Å²) >= 11 is 0. The van der Waals surface area contributed by atoms with Crippen LogP contribution in [0.15, 0.2) is 24.3 Å². The maximum Gasteiger partial charge on any atom is 0.315 e. The summed E-state index contributed by atoms with van der Waals surface area (Å²) in [7, 11) is 0. The number of ether oxygens (including phenoxy) is 1. The number of nitrogens with one attached hydrogen (secondary N) is 2. The fourth-order valence-electron chi connectivity index (χ4n) is 2.30. The zero-order chi connectivity index (χ0) is 16.2. The van der Waals surface area contributed by atoms with E-state index in [4.69, 9.17) is 4.74 Å². The Balaban J connectivity index is 1.85. The van der Waals surface area contributed by atoms with E-state index < -0.39 is 0 Å². The summed E-state index contributed by atoms with van der Waals surface area (Å²) in [6, 6.07) is 7.43. The normalized spacial score (nSPS) is 17.0. The molecule has 1 fully saturated rings. The molecule has 0 saturated heterocycles. The third kappa shape index (κ3) is 4.63. The van der Waals surface area contributed by atoms with Gasteiger partial charge in [-0.05, 0) is 51.3 Å². The third-order valence-corrected chi connectivity index (χ3v) is 3.99. The summed E-state index contributed by atoms with van der Waals surface area (Å²) in [4.78, 5) is 11.9. The van der Waals surface area contributed by atoms with Crippen molar-refractivity contribution in [2.45, 2.75) is 45.8 Å². The van der Waals surface area contributed by atoms with Gasteiger partial charge in [0, 0.05) is 12.0 Å². The van der Waals surface area contributed by atoms with Gasteiger partial charge in [-0.2, -0.15) is 0 Å². The lowest BCUT2D eigenvalue weighted by Crippen LogP contribution is -2.40. The van der Waals surface area contributed by atoms with Gasteiger partial charge >= 0.3 is 6.03 Å². The van der Waals surface area contributed by atoms with Crippen LogP contribution in [-0.4, -0.2) is 30.4 Å². The molecule has 1 aliphatic rings. The Kier molecular flexibility index (Phi) is 5.29. The number of hydrogen-bond donors (Lipinski definition) is 3. The fraction of sp³-hybridized carbons (Fsp3) is 0.588. The van der Waals surface area contributed by atoms with Gasteiger partial charge in [-0.1, -0.05) is 12.1 Å². The van der Waals surface area contributed by atoms with Crippen molar-refractivity contribution >= 4 is 6.03 Å². The van der Waals surface area contributed by atoms with Crippen molar-refractivity contribution in [1.82, 2.24) is 10.6 Å². The van der Waals surface area contributed by atoms with Gasteiger partial charge in [-0.25, -0.2) is 4.79 Å². The first kappa shape index (κ1) is 16.6. The number of aliphatic hydroxyl groups is 1. The van der Waals surface area contributed by atoms with Crippen LogP contribution < -0.4 is 15.4 Å². The molecule has 3 N–H and O–H groups in total. The molecule has 0 aromatic heterocycles. The highest BCUT2D eigenvalue weighted by atomic mass is 16.5. The van der Waals surface area contributed by atoms with Gasteiger partial charge < -0.3 is 20.5 Å². The maximum absolute atomic E-state index is 11.9. The van der Waals surface area contributed by atoms with E-state index in [1.807, 2.05) is 45.0 Å². The number of aliphatic hydroxyl groups excluding tert-OH is 1. The van der Waals surface area contributed by atoms with Gasteiger partial charge in [0.05, 0.1) is 18.8 Å². The highest BCUT2D eigenvalue weighted by Crippen LogP contribution is 2.44. The largest absolute Gasteiger partial charge is 0.491 e. The highest BCUT2D eigenvalue weighted by Gasteiger charge is 2.42. The summed E-state index contributed by atoms with van der Waals surface area (Å²) < 4.78 is 5.67. The third-order valence-electron chi connectivity index (χ3n) is 3.99. The Morgan fingerprint density at radius 2 is 2.09 bits per heavy atom. The van der Waals surface area contributed by atoms with Crippen LogP contribution in [0.1, 0.15) is 45.2 Å². The van der Waals surface area contributed by atoms with Crippen molar-refractivity contribution < 1.29 is 14.6 Å². The lowest BCUT2D eigenvalue weighted by Gasteiger charge is -2.18. The number of amides is 2. The van der Waals surface area contributed by atoms with Crippen LogP contribution in [0.25, 0.3) is 0 Å². The standard InChI is InChI=1S/C17H26N2O3/c1-12(2)22-15-6-4-5-14(9-15)13(3)19-16(21)18-10-17(11-20)7-8-17/h4-6,9,12-13,20H,7-8,10-11H2,1-3H3,(H2,18,19,21). The molecule has 122 valence electrons. The average Bonchev–Trinajstić information content (AvgIpc) is 3.25. The number of carbonyl (C=O) groups is 1. The van der Waals surface area contributed by atoms with Gasteiger partial charge in [0.25, 0.3) is 0 Å². The molecule has 0 spiro atoms. The minimum Gasteiger partial charge on any atom is -0.491 e. The lowest BCUT2D eigenvalue weighted by molar-refractivity contribution is 0.202. The molecule has 1 aliphatic carbocycles. The molecule has 1 saturated carbocycles. The SMILES string of the molecule is CC(C)Oc1cccc(C(C)NC(=O)NCC2(CO)CC2)c1. The zero-order valence-corrected chi connectivity index (χ0v) is 13.6. The Morgan fingerprint density at radius 1 is 1.36 bits per heavy atom. The summed E-state index contributed by atoms with van der Waals surface area (Å²) in [5.74, 6) is 0.804. The van der Waals surface area contributed by atoms with E-state index in [9.17, 15) is 9.90 Å². The molecule has 2 rings (SSSR count). The average molecular weight is 306 g/mol. The minimum absolute atomic E-state index is 0.0778. The van der Waals surface area contributed by atoms with Crippen LogP contribution in [0, 0.1) is 5.41 Å². The summed E-state index contributed by atoms with van der Waals surface area (Å²) in [6.45, 7) is 6.57. The Labute approximate surface area is 132 Å². The van der Waals surface area contributed by atoms with E-state index in [2.05, 4.69) is 10.6 Å². The molecule has 5 heteroatoms. The van der Waals surface area contributed by atoms with Gasteiger partial charge in [0.1, 0.15) is 5.75 Å². The number of urea groups is 1. The van der Waals surface area contributed by atoms with E-state index in [-0.39, 0.29) is 30.2 Å². The van der Waals surface area contributed by atoms with Crippen LogP contribution in [0.5, 0.6) is 5.75 Å². The predicted molar refractivity (Wildman–Crippen MR) is 85.9 cm³/mol. The van der Waals surface area contributed by atoms with Crippen molar-refractivity contribution in [3.63, 3.8) is 0 Å². The minimum atomic E-state index is -0.206. The molecule has 22 heavy (non-hydrogen) atoms. The van der Waals surface area contributed by atoms with Gasteiger partial charge in [-0.15, -0.1) is 0 Å². The smallest absolute Gasteiger partial charge is 0.315 e. The molecule has 1 aromatic carbocycles. The Bertz CT molecular complexity index is 512. The van der Waals surface area contributed by atoms with Crippen molar-refractivity contribution in [3.05, 3.63) is 29.8 Å². The molecule has 0 bridgehead atoms. The van der Waals surface area contributed by atoms with E-state index in [1.165, 1.54) is 0 Å². The number of carbonyl (C=O) groups excluding carboxylic acids is 1. The first-order valence-corrected chi connectivity index (χ1v) is 7.86. The predicted octanol–water partition coefficient (Wildman–Crippen LogP) is 2.61. The first-order chi connectivity index (χ1) is 10.4. The van der Waals surface area contributed by atoms with E-state index in [0.29, 0.717) is 6.54 Å². The van der Waals surface area contributed by atoms with Crippen molar-refractivity contribution in [2.24, 2.45) is 5.41 Å². The quantitative estimate of drug-likeness (QED) is 0.725. The van der Waals surface area contributed by atoms with Crippen LogP contribution in [0.3, 0.4) is 0 Å². The van der Waals surface area contributed by atoms with E-state index in [1.54, 1.807) is 0 Å². The summed E-state index contributed by atoms with van der Waals surface area (Å²) in [5.41, 5.74) is 0.919. The second-order valence-corrected chi connectivity index (χ2v) is 6.45. The lowest BCUT2D eigenvalue weighted by atomic mass is 10.1. The second kappa shape index (κ2) is 7.01. The van der Waals surface area contributed by atoms with Crippen molar-refractivity contribution in [1.29, 1.82) is 0 Å². The molecular formula is C17H26N2O3. The molecule has 0 aliphatic heterocycles. The van der Waals surface area contributed by atoms with Gasteiger partial charge in [0.15, 0.2) is 0 Å². The van der Waals surface area contributed by atoms with Gasteiger partial charge in [0.2, 0.25) is 0 Å². The maximum atomic E-state index is 11.9. The Hall–Kier alpha value is -1.75. The van der Waals surface area contributed by atoms with Crippen molar-refractivity contribution in [3.8, 4) is 5.75 Å².